The van der Waals surface area contributed by atoms with Crippen LogP contribution in [-0.2, 0) is 11.3 Å². The van der Waals surface area contributed by atoms with Crippen molar-refractivity contribution in [1.29, 1.82) is 0 Å². The van der Waals surface area contributed by atoms with Gasteiger partial charge >= 0.3 is 0 Å². The number of amides is 1. The molecule has 2 rings (SSSR count). The Morgan fingerprint density at radius 2 is 2.16 bits per heavy atom. The maximum absolute atomic E-state index is 11.5. The van der Waals surface area contributed by atoms with Crippen LogP contribution in [0.4, 0.5) is 0 Å². The molecular formula is C15H22N2O2. The van der Waals surface area contributed by atoms with Crippen molar-refractivity contribution in [2.45, 2.75) is 38.8 Å². The Balaban J connectivity index is 1.68. The molecule has 1 aromatic carbocycles. The number of rotatable bonds is 8. The number of hydrogen-bond acceptors (Lipinski definition) is 3. The molecule has 0 radical (unpaired) electrons. The third-order valence-electron chi connectivity index (χ3n) is 3.06. The standard InChI is InChI=1S/C15H22N2O2/c1-2-19-14-6-4-3-5-12(14)11-16-10-9-15(18)17-13-7-8-13/h3-6,13,16H,2,7-11H2,1H3,(H,17,18). The molecular weight excluding hydrogens is 240 g/mol. The van der Waals surface area contributed by atoms with Crippen molar-refractivity contribution in [3.05, 3.63) is 29.8 Å². The Morgan fingerprint density at radius 3 is 2.89 bits per heavy atom. The Morgan fingerprint density at radius 1 is 1.37 bits per heavy atom. The highest BCUT2D eigenvalue weighted by molar-refractivity contribution is 5.76. The quantitative estimate of drug-likeness (QED) is 0.703. The number of para-hydroxylation sites is 1. The number of benzene rings is 1. The number of carbonyl (C=O) groups excluding carboxylic acids is 1. The van der Waals surface area contributed by atoms with Gasteiger partial charge in [-0.25, -0.2) is 0 Å². The zero-order valence-corrected chi connectivity index (χ0v) is 11.4. The van der Waals surface area contributed by atoms with E-state index in [1.54, 1.807) is 0 Å². The van der Waals surface area contributed by atoms with E-state index in [4.69, 9.17) is 4.74 Å². The van der Waals surface area contributed by atoms with Crippen LogP contribution in [-0.4, -0.2) is 25.1 Å². The first kappa shape index (κ1) is 13.9. The number of ether oxygens (including phenoxy) is 1. The molecule has 0 spiro atoms. The Labute approximate surface area is 114 Å². The minimum atomic E-state index is 0.146. The zero-order chi connectivity index (χ0) is 13.5. The van der Waals surface area contributed by atoms with E-state index in [2.05, 4.69) is 10.6 Å². The van der Waals surface area contributed by atoms with Crippen LogP contribution in [0.3, 0.4) is 0 Å². The SMILES string of the molecule is CCOc1ccccc1CNCCC(=O)NC1CC1. The van der Waals surface area contributed by atoms with Crippen LogP contribution in [0.25, 0.3) is 0 Å². The van der Waals surface area contributed by atoms with Crippen LogP contribution < -0.4 is 15.4 Å². The number of hydrogen-bond donors (Lipinski definition) is 2. The van der Waals surface area contributed by atoms with Gasteiger partial charge in [0.1, 0.15) is 5.75 Å². The normalized spacial score (nSPS) is 14.2. The van der Waals surface area contributed by atoms with Crippen LogP contribution in [0.2, 0.25) is 0 Å². The molecule has 1 saturated carbocycles. The van der Waals surface area contributed by atoms with Gasteiger partial charge in [0.15, 0.2) is 0 Å². The van der Waals surface area contributed by atoms with Crippen molar-refractivity contribution >= 4 is 5.91 Å². The van der Waals surface area contributed by atoms with Crippen LogP contribution >= 0.6 is 0 Å². The fourth-order valence-corrected chi connectivity index (χ4v) is 1.90. The van der Waals surface area contributed by atoms with Gasteiger partial charge in [0, 0.05) is 31.1 Å². The fourth-order valence-electron chi connectivity index (χ4n) is 1.90. The van der Waals surface area contributed by atoms with E-state index >= 15 is 0 Å². The van der Waals surface area contributed by atoms with Crippen LogP contribution in [0.5, 0.6) is 5.75 Å². The molecule has 1 amide bonds. The van der Waals surface area contributed by atoms with Crippen molar-refractivity contribution in [1.82, 2.24) is 10.6 Å². The fraction of sp³-hybridized carbons (Fsp3) is 0.533. The molecule has 4 heteroatoms. The van der Waals surface area contributed by atoms with Gasteiger partial charge in [0.25, 0.3) is 0 Å². The second kappa shape index (κ2) is 7.14. The maximum Gasteiger partial charge on any atom is 0.221 e. The van der Waals surface area contributed by atoms with Gasteiger partial charge in [-0.05, 0) is 25.8 Å². The average molecular weight is 262 g/mol. The van der Waals surface area contributed by atoms with Crippen molar-refractivity contribution in [3.63, 3.8) is 0 Å². The first-order valence-corrected chi connectivity index (χ1v) is 7.00. The lowest BCUT2D eigenvalue weighted by Crippen LogP contribution is -2.29. The molecule has 1 aliphatic carbocycles. The lowest BCUT2D eigenvalue weighted by molar-refractivity contribution is -0.121. The smallest absolute Gasteiger partial charge is 0.221 e. The van der Waals surface area contributed by atoms with E-state index in [0.717, 1.165) is 30.7 Å². The summed E-state index contributed by atoms with van der Waals surface area (Å²) < 4.78 is 5.56. The summed E-state index contributed by atoms with van der Waals surface area (Å²) in [7, 11) is 0. The van der Waals surface area contributed by atoms with Gasteiger partial charge in [-0.1, -0.05) is 18.2 Å². The minimum absolute atomic E-state index is 0.146. The molecule has 0 saturated heterocycles. The lowest BCUT2D eigenvalue weighted by Gasteiger charge is -2.10. The number of nitrogens with one attached hydrogen (secondary N) is 2. The predicted molar refractivity (Wildman–Crippen MR) is 75.1 cm³/mol. The Kier molecular flexibility index (Phi) is 5.21. The topological polar surface area (TPSA) is 50.4 Å². The van der Waals surface area contributed by atoms with E-state index in [0.29, 0.717) is 25.6 Å². The summed E-state index contributed by atoms with van der Waals surface area (Å²) in [6.07, 6.45) is 2.81. The van der Waals surface area contributed by atoms with E-state index in [-0.39, 0.29) is 5.91 Å². The first-order chi connectivity index (χ1) is 9.29. The third kappa shape index (κ3) is 4.91. The van der Waals surface area contributed by atoms with Gasteiger partial charge < -0.3 is 15.4 Å². The van der Waals surface area contributed by atoms with Gasteiger partial charge in [-0.3, -0.25) is 4.79 Å². The second-order valence-corrected chi connectivity index (χ2v) is 4.81. The number of carbonyl (C=O) groups is 1. The average Bonchev–Trinajstić information content (AvgIpc) is 3.21. The van der Waals surface area contributed by atoms with Gasteiger partial charge in [-0.2, -0.15) is 0 Å². The molecule has 0 bridgehead atoms. The third-order valence-corrected chi connectivity index (χ3v) is 3.06. The van der Waals surface area contributed by atoms with Crippen molar-refractivity contribution < 1.29 is 9.53 Å². The van der Waals surface area contributed by atoms with E-state index < -0.39 is 0 Å². The highest BCUT2D eigenvalue weighted by Gasteiger charge is 2.22. The summed E-state index contributed by atoms with van der Waals surface area (Å²) in [5, 5.41) is 6.26. The van der Waals surface area contributed by atoms with Gasteiger partial charge in [0.05, 0.1) is 6.61 Å². The molecule has 1 aromatic rings. The van der Waals surface area contributed by atoms with Crippen molar-refractivity contribution in [2.24, 2.45) is 0 Å². The Hall–Kier alpha value is -1.55. The summed E-state index contributed by atoms with van der Waals surface area (Å²) in [5.41, 5.74) is 1.13. The van der Waals surface area contributed by atoms with Crippen molar-refractivity contribution in [2.75, 3.05) is 13.2 Å². The van der Waals surface area contributed by atoms with Crippen molar-refractivity contribution in [3.8, 4) is 5.75 Å². The van der Waals surface area contributed by atoms with E-state index in [1.807, 2.05) is 31.2 Å². The molecule has 1 fully saturated rings. The predicted octanol–water partition coefficient (Wildman–Crippen LogP) is 1.84. The highest BCUT2D eigenvalue weighted by atomic mass is 16.5. The molecule has 0 unspecified atom stereocenters. The molecule has 2 N–H and O–H groups in total. The maximum atomic E-state index is 11.5. The van der Waals surface area contributed by atoms with E-state index in [1.165, 1.54) is 0 Å². The Bertz CT molecular complexity index is 416. The lowest BCUT2D eigenvalue weighted by atomic mass is 10.2. The van der Waals surface area contributed by atoms with Crippen LogP contribution in [0, 0.1) is 0 Å². The summed E-state index contributed by atoms with van der Waals surface area (Å²) in [6, 6.07) is 8.44. The summed E-state index contributed by atoms with van der Waals surface area (Å²) in [6.45, 7) is 4.07. The summed E-state index contributed by atoms with van der Waals surface area (Å²) in [5.74, 6) is 1.06. The monoisotopic (exact) mass is 262 g/mol. The first-order valence-electron chi connectivity index (χ1n) is 7.00. The molecule has 0 aliphatic heterocycles. The largest absolute Gasteiger partial charge is 0.494 e. The molecule has 1 aliphatic rings. The molecule has 4 nitrogen and oxygen atoms in total. The molecule has 0 aromatic heterocycles. The zero-order valence-electron chi connectivity index (χ0n) is 11.4. The molecule has 0 atom stereocenters. The summed E-state index contributed by atoms with van der Waals surface area (Å²) in [4.78, 5) is 11.5. The van der Waals surface area contributed by atoms with Gasteiger partial charge in [0.2, 0.25) is 5.91 Å². The molecule has 19 heavy (non-hydrogen) atoms. The van der Waals surface area contributed by atoms with Crippen LogP contribution in [0.15, 0.2) is 24.3 Å². The van der Waals surface area contributed by atoms with E-state index in [9.17, 15) is 4.79 Å². The molecule has 0 heterocycles. The molecule has 104 valence electrons. The summed E-state index contributed by atoms with van der Waals surface area (Å²) >= 11 is 0. The minimum Gasteiger partial charge on any atom is -0.494 e. The second-order valence-electron chi connectivity index (χ2n) is 4.81. The highest BCUT2D eigenvalue weighted by Crippen LogP contribution is 2.19. The van der Waals surface area contributed by atoms with Crippen LogP contribution in [0.1, 0.15) is 31.7 Å². The van der Waals surface area contributed by atoms with Gasteiger partial charge in [-0.15, -0.1) is 0 Å².